The van der Waals surface area contributed by atoms with Gasteiger partial charge in [0.05, 0.1) is 67.4 Å². The average molecular weight is 1430 g/mol. The molecule has 0 unspecified atom stereocenters. The van der Waals surface area contributed by atoms with Crippen LogP contribution in [0.4, 0.5) is 5.69 Å². The Morgan fingerprint density at radius 2 is 0.861 bits per heavy atom. The summed E-state index contributed by atoms with van der Waals surface area (Å²) in [5.74, 6) is 1.30. The van der Waals surface area contributed by atoms with Crippen LogP contribution in [0.5, 0.6) is 0 Å². The highest BCUT2D eigenvalue weighted by molar-refractivity contribution is 7.89. The number of anilines is 1. The second-order valence-electron chi connectivity index (χ2n) is 27.1. The van der Waals surface area contributed by atoms with Crippen LogP contribution in [0.15, 0.2) is 168 Å². The Morgan fingerprint density at radius 1 is 0.465 bits per heavy atom. The Labute approximate surface area is 592 Å². The smallest absolute Gasteiger partial charge is 0.257 e. The number of hydrogen-bond acceptors (Lipinski definition) is 13. The molecular formula is C75H91N13O10S3. The molecule has 9 aromatic rings. The van der Waals surface area contributed by atoms with Gasteiger partial charge in [-0.15, -0.1) is 0 Å². The summed E-state index contributed by atoms with van der Waals surface area (Å²) >= 11 is 0. The molecule has 5 aliphatic rings. The van der Waals surface area contributed by atoms with Crippen LogP contribution in [0.25, 0.3) is 16.6 Å². The number of benzene rings is 3. The Morgan fingerprint density at radius 3 is 1.30 bits per heavy atom. The largest absolute Gasteiger partial charge is 0.339 e. The minimum absolute atomic E-state index is 0.0346. The lowest BCUT2D eigenvalue weighted by molar-refractivity contribution is -0.114. The summed E-state index contributed by atoms with van der Waals surface area (Å²) in [6.07, 6.45) is 20.5. The SMILES string of the molecule is CC1CCN(C(=O)c2cnn3ccc(C4CCN(S(=O)(=O)c5ccccc5)CC4)cc23)CC1.CCN(CC)C(=O)c1cnn2ccc(C3CCN(S(=O)(=O)c4ccc(NC(C)=O)cc4)CC3)cc12.O=C(c1cnn2ccc(C3CCN(S(=O)(=O)Cc4ccccc4)CC3)cc12)N1CCCCC1. The molecule has 14 rings (SSSR count). The number of rotatable bonds is 16. The lowest BCUT2D eigenvalue weighted by atomic mass is 9.90. The first-order valence-corrected chi connectivity index (χ1v) is 39.9. The number of nitrogens with one attached hydrogen (secondary N) is 1. The fourth-order valence-electron chi connectivity index (χ4n) is 14.6. The third-order valence-electron chi connectivity index (χ3n) is 20.6. The monoisotopic (exact) mass is 1430 g/mol. The van der Waals surface area contributed by atoms with E-state index in [9.17, 15) is 44.4 Å². The number of pyridine rings is 3. The van der Waals surface area contributed by atoms with E-state index in [1.54, 1.807) is 82.0 Å². The van der Waals surface area contributed by atoms with Gasteiger partial charge in [-0.3, -0.25) is 19.2 Å². The minimum Gasteiger partial charge on any atom is -0.339 e. The van der Waals surface area contributed by atoms with E-state index in [2.05, 4.69) is 39.7 Å². The third-order valence-corrected chi connectivity index (χ3v) is 26.3. The van der Waals surface area contributed by atoms with Gasteiger partial charge in [-0.05, 0) is 203 Å². The number of nitrogens with zero attached hydrogens (tertiary/aromatic N) is 12. The first-order chi connectivity index (χ1) is 48.7. The van der Waals surface area contributed by atoms with E-state index in [1.165, 1.54) is 29.8 Å². The predicted molar refractivity (Wildman–Crippen MR) is 388 cm³/mol. The van der Waals surface area contributed by atoms with Crippen molar-refractivity contribution in [2.75, 3.05) is 83.9 Å². The van der Waals surface area contributed by atoms with Crippen molar-refractivity contribution in [1.29, 1.82) is 0 Å². The first-order valence-electron chi connectivity index (χ1n) is 35.4. The van der Waals surface area contributed by atoms with Gasteiger partial charge in [0.25, 0.3) is 17.7 Å². The number of piperidine rings is 5. The number of amides is 4. The molecule has 4 amide bonds. The average Bonchev–Trinajstić information content (AvgIpc) is 1.79. The molecule has 5 saturated heterocycles. The Balaban J connectivity index is 0.000000143. The zero-order valence-corrected chi connectivity index (χ0v) is 60.4. The van der Waals surface area contributed by atoms with Gasteiger partial charge < -0.3 is 20.0 Å². The number of hydrogen-bond donors (Lipinski definition) is 1. The molecule has 0 spiro atoms. The standard InChI is InChI=1S/C25H31N5O4S.2C25H30N4O3S/c1-4-28(5-2)25(32)23-17-26-30-15-12-20(16-24(23)30)19-10-13-29(14-11-19)35(33,34)22-8-6-21(7-9-22)27-18(3)31;1-19-7-12-27(13-8-19)25(30)23-18-26-29-16-11-21(17-24(23)29)20-9-14-28(15-10-20)33(31,32)22-5-3-2-4-6-22;30-25(27-12-5-2-6-13-27)23-18-26-29-16-11-22(17-24(23)29)21-9-14-28(15-10-21)33(31,32)19-20-7-3-1-4-8-20/h6-9,12,15-17,19H,4-5,10-11,13-14H2,1-3H3,(H,27,31);2-6,11,16-20H,7-10,12-15H2,1H3;1,3-4,7-8,11,16-18,21H,2,5-6,9-10,12-15,19H2. The summed E-state index contributed by atoms with van der Waals surface area (Å²) in [5, 5.41) is 15.8. The van der Waals surface area contributed by atoms with E-state index in [0.29, 0.717) is 98.4 Å². The summed E-state index contributed by atoms with van der Waals surface area (Å²) in [6, 6.07) is 36.5. The molecule has 0 radical (unpaired) electrons. The van der Waals surface area contributed by atoms with Crippen LogP contribution in [0, 0.1) is 5.92 Å². The zero-order valence-electron chi connectivity index (χ0n) is 58.0. The van der Waals surface area contributed by atoms with Crippen molar-refractivity contribution in [3.8, 4) is 0 Å². The Kier molecular flexibility index (Phi) is 22.6. The molecule has 0 bridgehead atoms. The van der Waals surface area contributed by atoms with E-state index < -0.39 is 30.1 Å². The summed E-state index contributed by atoms with van der Waals surface area (Å²) in [5.41, 5.74) is 9.07. The van der Waals surface area contributed by atoms with E-state index >= 15 is 0 Å². The Hall–Kier alpha value is -8.66. The topological polar surface area (TPSA) is 254 Å². The van der Waals surface area contributed by atoms with Crippen molar-refractivity contribution in [3.05, 3.63) is 197 Å². The lowest BCUT2D eigenvalue weighted by Crippen LogP contribution is -2.38. The molecule has 3 aromatic carbocycles. The first kappa shape index (κ1) is 72.1. The number of sulfonamides is 3. The third kappa shape index (κ3) is 16.5. The highest BCUT2D eigenvalue weighted by Crippen LogP contribution is 2.36. The number of likely N-dealkylation sites (tertiary alicyclic amines) is 2. The van der Waals surface area contributed by atoms with E-state index in [1.807, 2.05) is 103 Å². The van der Waals surface area contributed by atoms with Crippen LogP contribution in [0.3, 0.4) is 0 Å². The fraction of sp³-hybridized carbons (Fsp3) is 0.427. The number of aromatic nitrogens is 6. The van der Waals surface area contributed by atoms with Crippen molar-refractivity contribution in [3.63, 3.8) is 0 Å². The van der Waals surface area contributed by atoms with Crippen LogP contribution < -0.4 is 5.32 Å². The highest BCUT2D eigenvalue weighted by atomic mass is 32.2. The molecule has 5 fully saturated rings. The van der Waals surface area contributed by atoms with E-state index in [4.69, 9.17) is 0 Å². The van der Waals surface area contributed by atoms with Crippen LogP contribution >= 0.6 is 0 Å². The van der Waals surface area contributed by atoms with Crippen LogP contribution in [0.1, 0.15) is 169 Å². The maximum atomic E-state index is 13.2. The lowest BCUT2D eigenvalue weighted by Gasteiger charge is -2.31. The molecule has 11 heterocycles. The second-order valence-corrected chi connectivity index (χ2v) is 33.0. The maximum absolute atomic E-state index is 13.2. The van der Waals surface area contributed by atoms with Crippen molar-refractivity contribution in [2.45, 2.75) is 132 Å². The molecule has 26 heteroatoms. The molecule has 5 aliphatic heterocycles. The van der Waals surface area contributed by atoms with Crippen LogP contribution in [-0.2, 0) is 40.6 Å². The second kappa shape index (κ2) is 31.7. The zero-order chi connectivity index (χ0) is 71.0. The van der Waals surface area contributed by atoms with Gasteiger partial charge in [0.15, 0.2) is 0 Å². The van der Waals surface area contributed by atoms with Crippen molar-refractivity contribution < 1.29 is 44.4 Å². The van der Waals surface area contributed by atoms with Crippen molar-refractivity contribution >= 4 is 75.9 Å². The van der Waals surface area contributed by atoms with E-state index in [0.717, 1.165) is 116 Å². The van der Waals surface area contributed by atoms with Gasteiger partial charge in [-0.25, -0.2) is 43.1 Å². The Bertz CT molecular complexity index is 4740. The minimum atomic E-state index is -3.62. The van der Waals surface area contributed by atoms with Crippen LogP contribution in [0.2, 0.25) is 0 Å². The summed E-state index contributed by atoms with van der Waals surface area (Å²) in [4.78, 5) is 56.5. The molecular weight excluding hydrogens is 1340 g/mol. The van der Waals surface area contributed by atoms with Gasteiger partial charge in [0.1, 0.15) is 0 Å². The number of carbonyl (C=O) groups excluding carboxylic acids is 4. The molecule has 101 heavy (non-hydrogen) atoms. The van der Waals surface area contributed by atoms with Gasteiger partial charge >= 0.3 is 0 Å². The van der Waals surface area contributed by atoms with Gasteiger partial charge in [0, 0.05) is 110 Å². The van der Waals surface area contributed by atoms with Crippen molar-refractivity contribution in [2.24, 2.45) is 5.92 Å². The van der Waals surface area contributed by atoms with Gasteiger partial charge in [-0.2, -0.15) is 23.9 Å². The van der Waals surface area contributed by atoms with Gasteiger partial charge in [0.2, 0.25) is 36.0 Å². The highest BCUT2D eigenvalue weighted by Gasteiger charge is 2.35. The van der Waals surface area contributed by atoms with Crippen LogP contribution in [-0.4, -0.2) is 184 Å². The van der Waals surface area contributed by atoms with Gasteiger partial charge in [-0.1, -0.05) is 55.5 Å². The summed E-state index contributed by atoms with van der Waals surface area (Å²) in [6.45, 7) is 14.9. The number of fused-ring (bicyclic) bond motifs is 3. The molecule has 1 N–H and O–H groups in total. The quantitative estimate of drug-likeness (QED) is 0.0946. The summed E-state index contributed by atoms with van der Waals surface area (Å²) in [7, 11) is -10.4. The molecule has 0 atom stereocenters. The fourth-order valence-corrected chi connectivity index (χ4v) is 19.1. The molecule has 0 aliphatic carbocycles. The normalized spacial score (nSPS) is 17.7. The predicted octanol–water partition coefficient (Wildman–Crippen LogP) is 10.8. The molecule has 0 saturated carbocycles. The summed E-state index contributed by atoms with van der Waals surface area (Å²) < 4.78 is 87.9. The molecule has 6 aromatic heterocycles. The molecule has 23 nitrogen and oxygen atoms in total. The number of carbonyl (C=O) groups is 4. The maximum Gasteiger partial charge on any atom is 0.257 e. The molecule has 534 valence electrons. The van der Waals surface area contributed by atoms with E-state index in [-0.39, 0.29) is 52.0 Å². The van der Waals surface area contributed by atoms with Crippen molar-refractivity contribution in [1.82, 2.24) is 56.5 Å².